The maximum absolute atomic E-state index is 11.6. The van der Waals surface area contributed by atoms with E-state index in [0.29, 0.717) is 5.92 Å². The van der Waals surface area contributed by atoms with Gasteiger partial charge in [0.05, 0.1) is 7.11 Å². The number of methoxy groups -OCH3 is 1. The van der Waals surface area contributed by atoms with Crippen molar-refractivity contribution in [3.63, 3.8) is 0 Å². The minimum atomic E-state index is -0.138. The van der Waals surface area contributed by atoms with E-state index in [-0.39, 0.29) is 12.0 Å². The molecule has 16 heavy (non-hydrogen) atoms. The van der Waals surface area contributed by atoms with Crippen LogP contribution >= 0.6 is 11.8 Å². The van der Waals surface area contributed by atoms with E-state index in [2.05, 4.69) is 19.2 Å². The molecule has 1 aliphatic heterocycles. The highest BCUT2D eigenvalue weighted by Gasteiger charge is 2.26. The van der Waals surface area contributed by atoms with E-state index in [0.717, 1.165) is 18.9 Å². The van der Waals surface area contributed by atoms with Gasteiger partial charge in [-0.25, -0.2) is 0 Å². The van der Waals surface area contributed by atoms with Gasteiger partial charge >= 0.3 is 5.97 Å². The maximum Gasteiger partial charge on any atom is 0.323 e. The fraction of sp³-hybridized carbons (Fsp3) is 0.917. The van der Waals surface area contributed by atoms with Gasteiger partial charge in [-0.05, 0) is 36.3 Å². The number of esters is 1. The van der Waals surface area contributed by atoms with Gasteiger partial charge in [0.1, 0.15) is 6.04 Å². The molecule has 94 valence electrons. The topological polar surface area (TPSA) is 38.3 Å². The molecule has 0 aliphatic carbocycles. The summed E-state index contributed by atoms with van der Waals surface area (Å²) in [6.07, 6.45) is 2.26. The number of carbonyl (C=O) groups excluding carboxylic acids is 1. The number of hydrogen-bond acceptors (Lipinski definition) is 4. The van der Waals surface area contributed by atoms with Crippen molar-refractivity contribution in [3.8, 4) is 0 Å². The fourth-order valence-corrected chi connectivity index (χ4v) is 3.20. The number of ether oxygens (including phenoxy) is 1. The third-order valence-electron chi connectivity index (χ3n) is 3.32. The van der Waals surface area contributed by atoms with Crippen LogP contribution in [0.1, 0.15) is 26.7 Å². The van der Waals surface area contributed by atoms with Crippen molar-refractivity contribution in [1.82, 2.24) is 5.32 Å². The normalized spacial score (nSPS) is 24.1. The van der Waals surface area contributed by atoms with Crippen LogP contribution in [0.5, 0.6) is 0 Å². The van der Waals surface area contributed by atoms with Crippen LogP contribution in [0.2, 0.25) is 0 Å². The Hall–Kier alpha value is -0.220. The second-order valence-electron chi connectivity index (χ2n) is 4.52. The molecule has 4 heteroatoms. The van der Waals surface area contributed by atoms with Crippen LogP contribution < -0.4 is 5.32 Å². The zero-order valence-corrected chi connectivity index (χ0v) is 11.3. The Kier molecular flexibility index (Phi) is 6.21. The van der Waals surface area contributed by atoms with Crippen LogP contribution in [0.15, 0.2) is 0 Å². The van der Waals surface area contributed by atoms with Crippen LogP contribution in [0.4, 0.5) is 0 Å². The molecule has 3 nitrogen and oxygen atoms in total. The molecule has 0 aromatic heterocycles. The average Bonchev–Trinajstić information content (AvgIpc) is 2.81. The summed E-state index contributed by atoms with van der Waals surface area (Å²) in [7, 11) is 1.46. The first-order valence-electron chi connectivity index (χ1n) is 6.08. The van der Waals surface area contributed by atoms with E-state index in [1.807, 2.05) is 11.8 Å². The summed E-state index contributed by atoms with van der Waals surface area (Å²) in [6.45, 7) is 5.14. The van der Waals surface area contributed by atoms with Gasteiger partial charge in [-0.15, -0.1) is 0 Å². The average molecular weight is 245 g/mol. The third kappa shape index (κ3) is 3.98. The van der Waals surface area contributed by atoms with Gasteiger partial charge in [-0.2, -0.15) is 11.8 Å². The van der Waals surface area contributed by atoms with Crippen molar-refractivity contribution in [2.75, 3.05) is 25.2 Å². The van der Waals surface area contributed by atoms with Gasteiger partial charge < -0.3 is 10.1 Å². The first kappa shape index (κ1) is 13.8. The summed E-state index contributed by atoms with van der Waals surface area (Å²) < 4.78 is 4.84. The lowest BCUT2D eigenvalue weighted by atomic mass is 9.98. The summed E-state index contributed by atoms with van der Waals surface area (Å²) in [5.41, 5.74) is 0. The lowest BCUT2D eigenvalue weighted by molar-refractivity contribution is -0.144. The Morgan fingerprint density at radius 3 is 2.88 bits per heavy atom. The molecule has 3 atom stereocenters. The molecule has 0 saturated carbocycles. The zero-order chi connectivity index (χ0) is 12.0. The Balaban J connectivity index is 2.39. The third-order valence-corrected chi connectivity index (χ3v) is 4.55. The summed E-state index contributed by atoms with van der Waals surface area (Å²) in [6, 6.07) is -0.138. The molecule has 1 aliphatic rings. The Bertz CT molecular complexity index is 217. The molecular weight excluding hydrogens is 222 g/mol. The molecule has 0 amide bonds. The van der Waals surface area contributed by atoms with E-state index in [1.54, 1.807) is 0 Å². The molecule has 1 heterocycles. The summed E-state index contributed by atoms with van der Waals surface area (Å²) in [4.78, 5) is 11.6. The van der Waals surface area contributed by atoms with Crippen LogP contribution in [0.3, 0.4) is 0 Å². The van der Waals surface area contributed by atoms with Crippen LogP contribution in [-0.2, 0) is 9.53 Å². The Morgan fingerprint density at radius 1 is 1.62 bits per heavy atom. The van der Waals surface area contributed by atoms with Crippen molar-refractivity contribution < 1.29 is 9.53 Å². The number of rotatable bonds is 6. The Labute approximate surface area is 103 Å². The predicted octanol–water partition coefficient (Wildman–Crippen LogP) is 1.92. The second kappa shape index (κ2) is 7.17. The number of nitrogens with one attached hydrogen (secondary N) is 1. The molecule has 0 radical (unpaired) electrons. The first-order valence-corrected chi connectivity index (χ1v) is 7.23. The lowest BCUT2D eigenvalue weighted by Gasteiger charge is -2.23. The second-order valence-corrected chi connectivity index (χ2v) is 5.67. The summed E-state index contributed by atoms with van der Waals surface area (Å²) in [5, 5.41) is 3.38. The summed E-state index contributed by atoms with van der Waals surface area (Å²) >= 11 is 2.01. The molecule has 1 rings (SSSR count). The van der Waals surface area contributed by atoms with Gasteiger partial charge in [0.15, 0.2) is 0 Å². The van der Waals surface area contributed by atoms with Crippen molar-refractivity contribution >= 4 is 17.7 Å². The van der Waals surface area contributed by atoms with E-state index in [4.69, 9.17) is 4.74 Å². The van der Waals surface area contributed by atoms with E-state index in [9.17, 15) is 4.79 Å². The molecule has 3 unspecified atom stereocenters. The highest BCUT2D eigenvalue weighted by molar-refractivity contribution is 7.99. The SMILES string of the molecule is CCC(C)C(NCC1CCSC1)C(=O)OC. The van der Waals surface area contributed by atoms with Gasteiger partial charge in [0.25, 0.3) is 0 Å². The highest BCUT2D eigenvalue weighted by Crippen LogP contribution is 2.23. The van der Waals surface area contributed by atoms with Gasteiger partial charge in [-0.3, -0.25) is 4.79 Å². The molecule has 0 spiro atoms. The maximum atomic E-state index is 11.6. The number of thioether (sulfide) groups is 1. The fourth-order valence-electron chi connectivity index (χ4n) is 1.92. The van der Waals surface area contributed by atoms with Crippen LogP contribution in [0.25, 0.3) is 0 Å². The quantitative estimate of drug-likeness (QED) is 0.726. The molecule has 1 N–H and O–H groups in total. The van der Waals surface area contributed by atoms with E-state index < -0.39 is 0 Å². The van der Waals surface area contributed by atoms with Crippen molar-refractivity contribution in [2.45, 2.75) is 32.7 Å². The minimum Gasteiger partial charge on any atom is -0.468 e. The highest BCUT2D eigenvalue weighted by atomic mass is 32.2. The monoisotopic (exact) mass is 245 g/mol. The molecule has 1 fully saturated rings. The van der Waals surface area contributed by atoms with Gasteiger partial charge in [0.2, 0.25) is 0 Å². The van der Waals surface area contributed by atoms with E-state index in [1.165, 1.54) is 25.0 Å². The van der Waals surface area contributed by atoms with Crippen molar-refractivity contribution in [1.29, 1.82) is 0 Å². The van der Waals surface area contributed by atoms with Crippen LogP contribution in [0, 0.1) is 11.8 Å². The van der Waals surface area contributed by atoms with E-state index >= 15 is 0 Å². The van der Waals surface area contributed by atoms with Crippen molar-refractivity contribution in [2.24, 2.45) is 11.8 Å². The lowest BCUT2D eigenvalue weighted by Crippen LogP contribution is -2.44. The molecule has 0 aromatic carbocycles. The largest absolute Gasteiger partial charge is 0.468 e. The number of hydrogen-bond donors (Lipinski definition) is 1. The van der Waals surface area contributed by atoms with Crippen molar-refractivity contribution in [3.05, 3.63) is 0 Å². The van der Waals surface area contributed by atoms with Gasteiger partial charge in [-0.1, -0.05) is 20.3 Å². The smallest absolute Gasteiger partial charge is 0.323 e. The molecule has 0 aromatic rings. The predicted molar refractivity (Wildman–Crippen MR) is 68.7 cm³/mol. The molecule has 0 bridgehead atoms. The molecule has 1 saturated heterocycles. The minimum absolute atomic E-state index is 0.125. The standard InChI is InChI=1S/C12H23NO2S/c1-4-9(2)11(12(14)15-3)13-7-10-5-6-16-8-10/h9-11,13H,4-8H2,1-3H3. The van der Waals surface area contributed by atoms with Crippen LogP contribution in [-0.4, -0.2) is 37.2 Å². The molecular formula is C12H23NO2S. The van der Waals surface area contributed by atoms with Gasteiger partial charge in [0, 0.05) is 0 Å². The zero-order valence-electron chi connectivity index (χ0n) is 10.5. The Morgan fingerprint density at radius 2 is 2.38 bits per heavy atom. The summed E-state index contributed by atoms with van der Waals surface area (Å²) in [5.74, 6) is 3.42. The first-order chi connectivity index (χ1) is 7.69. The number of carbonyl (C=O) groups is 1.